The van der Waals surface area contributed by atoms with Gasteiger partial charge in [-0.2, -0.15) is 0 Å². The van der Waals surface area contributed by atoms with Crippen molar-refractivity contribution in [2.24, 2.45) is 5.73 Å². The first kappa shape index (κ1) is 18.7. The summed E-state index contributed by atoms with van der Waals surface area (Å²) in [6.07, 6.45) is 1.59. The maximum absolute atomic E-state index is 12.5. The molecular weight excluding hydrogens is 330 g/mol. The number of nitrogens with two attached hydrogens (primary N) is 1. The second-order valence-electron chi connectivity index (χ2n) is 8.32. The van der Waals surface area contributed by atoms with Gasteiger partial charge in [0.05, 0.1) is 6.10 Å². The maximum atomic E-state index is 12.5. The van der Waals surface area contributed by atoms with Crippen molar-refractivity contribution in [1.29, 1.82) is 0 Å². The van der Waals surface area contributed by atoms with Crippen LogP contribution in [0.25, 0.3) is 0 Å². The van der Waals surface area contributed by atoms with Crippen LogP contribution in [0.1, 0.15) is 50.3 Å². The number of nitrogens with zero attached hydrogens (tertiary/aromatic N) is 1. The first-order chi connectivity index (χ1) is 12.2. The highest BCUT2D eigenvalue weighted by Gasteiger charge is 2.30. The highest BCUT2D eigenvalue weighted by atomic mass is 16.5. The fraction of sp³-hybridized carbons (Fsp3) is 0.600. The highest BCUT2D eigenvalue weighted by molar-refractivity contribution is 5.79. The van der Waals surface area contributed by atoms with Crippen molar-refractivity contribution in [1.82, 2.24) is 10.2 Å². The van der Waals surface area contributed by atoms with Crippen LogP contribution in [0.5, 0.6) is 0 Å². The van der Waals surface area contributed by atoms with Crippen LogP contribution < -0.4 is 11.1 Å². The number of primary amides is 1. The molecular formula is C20H29N3O3. The predicted molar refractivity (Wildman–Crippen MR) is 99.7 cm³/mol. The minimum Gasteiger partial charge on any atom is -0.367 e. The average Bonchev–Trinajstić information content (AvgIpc) is 3.07. The molecule has 0 radical (unpaired) electrons. The number of carbonyl (C=O) groups is 2. The molecule has 2 aliphatic heterocycles. The maximum Gasteiger partial charge on any atom is 0.317 e. The Morgan fingerprint density at radius 3 is 2.69 bits per heavy atom. The molecule has 3 rings (SSSR count). The normalized spacial score (nSPS) is 22.8. The number of hydrogen-bond donors (Lipinski definition) is 2. The number of nitrogens with one attached hydrogen (secondary N) is 1. The molecule has 0 bridgehead atoms. The molecule has 0 saturated carbocycles. The van der Waals surface area contributed by atoms with Crippen molar-refractivity contribution in [3.63, 3.8) is 0 Å². The van der Waals surface area contributed by atoms with E-state index in [1.807, 2.05) is 4.90 Å². The highest BCUT2D eigenvalue weighted by Crippen LogP contribution is 2.27. The van der Waals surface area contributed by atoms with Crippen LogP contribution in [-0.2, 0) is 27.9 Å². The minimum atomic E-state index is -0.518. The van der Waals surface area contributed by atoms with Crippen LogP contribution in [0.15, 0.2) is 18.2 Å². The van der Waals surface area contributed by atoms with Gasteiger partial charge in [-0.05, 0) is 41.4 Å². The molecule has 0 aliphatic carbocycles. The summed E-state index contributed by atoms with van der Waals surface area (Å²) in [5.41, 5.74) is 9.27. The summed E-state index contributed by atoms with van der Waals surface area (Å²) in [6, 6.07) is 6.51. The largest absolute Gasteiger partial charge is 0.367 e. The Morgan fingerprint density at radius 2 is 2.04 bits per heavy atom. The monoisotopic (exact) mass is 359 g/mol. The van der Waals surface area contributed by atoms with Crippen LogP contribution in [0.2, 0.25) is 0 Å². The van der Waals surface area contributed by atoms with Gasteiger partial charge in [0.25, 0.3) is 0 Å². The van der Waals surface area contributed by atoms with E-state index >= 15 is 0 Å². The van der Waals surface area contributed by atoms with Gasteiger partial charge in [-0.15, -0.1) is 0 Å². The third-order valence-corrected chi connectivity index (χ3v) is 5.28. The zero-order valence-electron chi connectivity index (χ0n) is 15.9. The summed E-state index contributed by atoms with van der Waals surface area (Å²) < 4.78 is 5.55. The fourth-order valence-electron chi connectivity index (χ4n) is 3.57. The van der Waals surface area contributed by atoms with Crippen LogP contribution in [0.4, 0.5) is 4.79 Å². The molecule has 1 aromatic rings. The Morgan fingerprint density at radius 1 is 1.27 bits per heavy atom. The summed E-state index contributed by atoms with van der Waals surface area (Å²) in [4.78, 5) is 25.4. The van der Waals surface area contributed by atoms with Crippen molar-refractivity contribution < 1.29 is 14.3 Å². The van der Waals surface area contributed by atoms with Crippen molar-refractivity contribution in [3.05, 3.63) is 34.9 Å². The van der Waals surface area contributed by atoms with Crippen molar-refractivity contribution >= 4 is 11.9 Å². The summed E-state index contributed by atoms with van der Waals surface area (Å²) in [7, 11) is 0. The van der Waals surface area contributed by atoms with Crippen LogP contribution in [0.3, 0.4) is 0 Å². The van der Waals surface area contributed by atoms with E-state index in [2.05, 4.69) is 44.3 Å². The van der Waals surface area contributed by atoms with E-state index in [0.717, 1.165) is 12.8 Å². The lowest BCUT2D eigenvalue weighted by molar-refractivity contribution is -0.128. The molecule has 2 unspecified atom stereocenters. The standard InChI is InChI=1S/C20H29N3O3/c1-20(2,3)15-5-4-14-12-23(9-8-13(14)10-15)19(25)22-11-16-6-7-17(26-16)18(21)24/h4-5,10,16-17H,6-9,11-12H2,1-3H3,(H2,21,24)(H,22,25). The third kappa shape index (κ3) is 4.18. The first-order valence-corrected chi connectivity index (χ1v) is 9.34. The lowest BCUT2D eigenvalue weighted by Crippen LogP contribution is -2.45. The molecule has 3 amide bonds. The SMILES string of the molecule is CC(C)(C)c1ccc2c(c1)CCN(C(=O)NCC1CCC(C(N)=O)O1)C2. The number of hydrogen-bond acceptors (Lipinski definition) is 3. The summed E-state index contributed by atoms with van der Waals surface area (Å²) in [5.74, 6) is -0.430. The van der Waals surface area contributed by atoms with Gasteiger partial charge in [-0.25, -0.2) is 4.79 Å². The van der Waals surface area contributed by atoms with E-state index in [1.54, 1.807) is 0 Å². The van der Waals surface area contributed by atoms with E-state index in [9.17, 15) is 9.59 Å². The molecule has 26 heavy (non-hydrogen) atoms. The number of benzene rings is 1. The molecule has 2 atom stereocenters. The summed E-state index contributed by atoms with van der Waals surface area (Å²) in [6.45, 7) is 8.39. The van der Waals surface area contributed by atoms with E-state index in [0.29, 0.717) is 26.1 Å². The van der Waals surface area contributed by atoms with Crippen LogP contribution >= 0.6 is 0 Å². The number of amides is 3. The molecule has 6 heteroatoms. The zero-order chi connectivity index (χ0) is 18.9. The van der Waals surface area contributed by atoms with Crippen LogP contribution in [-0.4, -0.2) is 42.1 Å². The van der Waals surface area contributed by atoms with E-state index in [4.69, 9.17) is 10.5 Å². The fourth-order valence-corrected chi connectivity index (χ4v) is 3.57. The molecule has 1 aromatic carbocycles. The van der Waals surface area contributed by atoms with E-state index in [1.165, 1.54) is 16.7 Å². The number of ether oxygens (including phenoxy) is 1. The lowest BCUT2D eigenvalue weighted by Gasteiger charge is -2.31. The van der Waals surface area contributed by atoms with Gasteiger partial charge in [0.2, 0.25) is 5.91 Å². The minimum absolute atomic E-state index is 0.0818. The van der Waals surface area contributed by atoms with E-state index < -0.39 is 12.0 Å². The predicted octanol–water partition coefficient (Wildman–Crippen LogP) is 2.08. The summed E-state index contributed by atoms with van der Waals surface area (Å²) in [5, 5.41) is 2.93. The molecule has 1 fully saturated rings. The Bertz CT molecular complexity index is 696. The third-order valence-electron chi connectivity index (χ3n) is 5.28. The van der Waals surface area contributed by atoms with Gasteiger partial charge in [0.1, 0.15) is 6.10 Å². The average molecular weight is 359 g/mol. The number of carbonyl (C=O) groups excluding carboxylic acids is 2. The van der Waals surface area contributed by atoms with Crippen molar-refractivity contribution in [2.45, 2.75) is 64.2 Å². The van der Waals surface area contributed by atoms with Gasteiger partial charge in [-0.3, -0.25) is 4.79 Å². The molecule has 1 saturated heterocycles. The van der Waals surface area contributed by atoms with E-state index in [-0.39, 0.29) is 17.6 Å². The smallest absolute Gasteiger partial charge is 0.317 e. The van der Waals surface area contributed by atoms with Gasteiger partial charge >= 0.3 is 6.03 Å². The summed E-state index contributed by atoms with van der Waals surface area (Å²) >= 11 is 0. The topological polar surface area (TPSA) is 84.7 Å². The Kier molecular flexibility index (Phi) is 5.23. The van der Waals surface area contributed by atoms with Crippen molar-refractivity contribution in [2.75, 3.05) is 13.1 Å². The van der Waals surface area contributed by atoms with Crippen LogP contribution in [0, 0.1) is 0 Å². The second kappa shape index (κ2) is 7.27. The Labute approximate surface area is 155 Å². The van der Waals surface area contributed by atoms with Crippen molar-refractivity contribution in [3.8, 4) is 0 Å². The molecule has 2 heterocycles. The molecule has 0 spiro atoms. The lowest BCUT2D eigenvalue weighted by atomic mass is 9.84. The van der Waals surface area contributed by atoms with Gasteiger partial charge in [-0.1, -0.05) is 39.0 Å². The molecule has 0 aromatic heterocycles. The first-order valence-electron chi connectivity index (χ1n) is 9.34. The Hall–Kier alpha value is -2.08. The molecule has 3 N–H and O–H groups in total. The number of fused-ring (bicyclic) bond motifs is 1. The van der Waals surface area contributed by atoms with Gasteiger partial charge in [0.15, 0.2) is 0 Å². The molecule has 6 nitrogen and oxygen atoms in total. The molecule has 2 aliphatic rings. The quantitative estimate of drug-likeness (QED) is 0.866. The second-order valence-corrected chi connectivity index (χ2v) is 8.32. The van der Waals surface area contributed by atoms with Gasteiger partial charge in [0, 0.05) is 19.6 Å². The van der Waals surface area contributed by atoms with Gasteiger partial charge < -0.3 is 20.7 Å². The number of urea groups is 1. The zero-order valence-corrected chi connectivity index (χ0v) is 15.9. The Balaban J connectivity index is 1.54. The number of rotatable bonds is 3. The molecule has 142 valence electrons.